The van der Waals surface area contributed by atoms with E-state index in [1.54, 1.807) is 7.11 Å². The molecule has 1 heterocycles. The predicted octanol–water partition coefficient (Wildman–Crippen LogP) is 2.92. The van der Waals surface area contributed by atoms with Crippen LogP contribution < -0.4 is 0 Å². The monoisotopic (exact) mass is 276 g/mol. The van der Waals surface area contributed by atoms with Gasteiger partial charge in [0, 0.05) is 12.5 Å². The van der Waals surface area contributed by atoms with Crippen molar-refractivity contribution in [2.24, 2.45) is 5.41 Å². The van der Waals surface area contributed by atoms with Crippen LogP contribution in [-0.2, 0) is 18.3 Å². The SMILES string of the molecule is CCCC(OCC1(CC)COC1)O[Si](C)(C)OC. The lowest BCUT2D eigenvalue weighted by molar-refractivity contribution is -0.192. The Hall–Kier alpha value is 0.0569. The zero-order chi connectivity index (χ0) is 13.6. The molecule has 0 saturated carbocycles. The van der Waals surface area contributed by atoms with Crippen LogP contribution in [0, 0.1) is 5.41 Å². The summed E-state index contributed by atoms with van der Waals surface area (Å²) in [6.45, 7) is 10.8. The van der Waals surface area contributed by atoms with Crippen LogP contribution in [0.3, 0.4) is 0 Å². The molecular formula is C13H28O4Si. The van der Waals surface area contributed by atoms with Crippen LogP contribution in [0.15, 0.2) is 0 Å². The zero-order valence-corrected chi connectivity index (χ0v) is 13.5. The van der Waals surface area contributed by atoms with Crippen molar-refractivity contribution in [2.45, 2.75) is 52.5 Å². The fraction of sp³-hybridized carbons (Fsp3) is 1.00. The minimum absolute atomic E-state index is 0.138. The molecule has 4 nitrogen and oxygen atoms in total. The quantitative estimate of drug-likeness (QED) is 0.479. The molecule has 18 heavy (non-hydrogen) atoms. The van der Waals surface area contributed by atoms with Gasteiger partial charge < -0.3 is 18.3 Å². The first kappa shape index (κ1) is 16.1. The van der Waals surface area contributed by atoms with Crippen molar-refractivity contribution in [1.82, 2.24) is 0 Å². The Morgan fingerprint density at radius 1 is 1.28 bits per heavy atom. The number of rotatable bonds is 9. The van der Waals surface area contributed by atoms with Crippen molar-refractivity contribution in [2.75, 3.05) is 26.9 Å². The lowest BCUT2D eigenvalue weighted by Gasteiger charge is -2.41. The van der Waals surface area contributed by atoms with Crippen LogP contribution in [0.5, 0.6) is 0 Å². The summed E-state index contributed by atoms with van der Waals surface area (Å²) >= 11 is 0. The van der Waals surface area contributed by atoms with Crippen molar-refractivity contribution >= 4 is 8.56 Å². The third-order valence-corrected chi connectivity index (χ3v) is 5.39. The van der Waals surface area contributed by atoms with Crippen LogP contribution >= 0.6 is 0 Å². The lowest BCUT2D eigenvalue weighted by atomic mass is 9.84. The number of hydrogen-bond acceptors (Lipinski definition) is 4. The van der Waals surface area contributed by atoms with Crippen LogP contribution in [0.1, 0.15) is 33.1 Å². The normalized spacial score (nSPS) is 20.5. The molecule has 0 aliphatic carbocycles. The maximum Gasteiger partial charge on any atom is 0.333 e. The smallest absolute Gasteiger partial charge is 0.333 e. The summed E-state index contributed by atoms with van der Waals surface area (Å²) in [5, 5.41) is 0. The summed E-state index contributed by atoms with van der Waals surface area (Å²) in [4.78, 5) is 0. The predicted molar refractivity (Wildman–Crippen MR) is 73.8 cm³/mol. The molecule has 1 unspecified atom stereocenters. The van der Waals surface area contributed by atoms with Crippen LogP contribution in [0.4, 0.5) is 0 Å². The highest BCUT2D eigenvalue weighted by molar-refractivity contribution is 6.64. The van der Waals surface area contributed by atoms with E-state index in [9.17, 15) is 0 Å². The Morgan fingerprint density at radius 2 is 1.94 bits per heavy atom. The maximum absolute atomic E-state index is 5.99. The molecule has 0 aromatic heterocycles. The van der Waals surface area contributed by atoms with Gasteiger partial charge in [-0.2, -0.15) is 0 Å². The van der Waals surface area contributed by atoms with E-state index in [2.05, 4.69) is 13.8 Å². The van der Waals surface area contributed by atoms with Gasteiger partial charge in [0.05, 0.1) is 19.8 Å². The van der Waals surface area contributed by atoms with Crippen molar-refractivity contribution < 1.29 is 18.3 Å². The van der Waals surface area contributed by atoms with E-state index in [1.165, 1.54) is 0 Å². The summed E-state index contributed by atoms with van der Waals surface area (Å²) in [6, 6.07) is 0. The van der Waals surface area contributed by atoms with E-state index < -0.39 is 8.56 Å². The van der Waals surface area contributed by atoms with Gasteiger partial charge in [-0.3, -0.25) is 0 Å². The molecule has 0 aromatic carbocycles. The summed E-state index contributed by atoms with van der Waals surface area (Å²) < 4.78 is 22.7. The summed E-state index contributed by atoms with van der Waals surface area (Å²) in [5.74, 6) is 0. The van der Waals surface area contributed by atoms with Gasteiger partial charge >= 0.3 is 8.56 Å². The summed E-state index contributed by atoms with van der Waals surface area (Å²) in [7, 11) is -0.322. The minimum atomic E-state index is -2.03. The molecule has 1 saturated heterocycles. The van der Waals surface area contributed by atoms with E-state index in [4.69, 9.17) is 18.3 Å². The third kappa shape index (κ3) is 4.62. The van der Waals surface area contributed by atoms with Gasteiger partial charge in [-0.05, 0) is 25.9 Å². The van der Waals surface area contributed by atoms with Crippen molar-refractivity contribution in [3.8, 4) is 0 Å². The first-order valence-corrected chi connectivity index (χ1v) is 9.71. The minimum Gasteiger partial charge on any atom is -0.398 e. The molecule has 0 radical (unpaired) electrons. The molecule has 0 amide bonds. The molecule has 1 aliphatic heterocycles. The second kappa shape index (κ2) is 7.00. The van der Waals surface area contributed by atoms with Gasteiger partial charge in [-0.25, -0.2) is 0 Å². The molecule has 1 fully saturated rings. The number of ether oxygens (including phenoxy) is 2. The fourth-order valence-electron chi connectivity index (χ4n) is 1.83. The molecule has 0 bridgehead atoms. The molecule has 0 aromatic rings. The first-order chi connectivity index (χ1) is 8.47. The molecule has 1 atom stereocenters. The maximum atomic E-state index is 5.99. The average molecular weight is 276 g/mol. The largest absolute Gasteiger partial charge is 0.398 e. The number of hydrogen-bond donors (Lipinski definition) is 0. The van der Waals surface area contributed by atoms with Gasteiger partial charge in [0.25, 0.3) is 0 Å². The standard InChI is InChI=1S/C13H28O4Si/c1-6-8-12(17-18(4,5)14-3)16-11-13(7-2)9-15-10-13/h12H,6-11H2,1-5H3. The van der Waals surface area contributed by atoms with Crippen molar-refractivity contribution in [1.29, 1.82) is 0 Å². The highest BCUT2D eigenvalue weighted by Gasteiger charge is 2.38. The van der Waals surface area contributed by atoms with Crippen LogP contribution in [0.25, 0.3) is 0 Å². The van der Waals surface area contributed by atoms with E-state index >= 15 is 0 Å². The van der Waals surface area contributed by atoms with Crippen molar-refractivity contribution in [3.63, 3.8) is 0 Å². The first-order valence-electron chi connectivity index (χ1n) is 6.89. The topological polar surface area (TPSA) is 36.9 Å². The Morgan fingerprint density at radius 3 is 2.33 bits per heavy atom. The highest BCUT2D eigenvalue weighted by Crippen LogP contribution is 2.32. The Kier molecular flexibility index (Phi) is 6.27. The zero-order valence-electron chi connectivity index (χ0n) is 12.5. The van der Waals surface area contributed by atoms with Gasteiger partial charge in [-0.15, -0.1) is 0 Å². The van der Waals surface area contributed by atoms with E-state index in [1.807, 2.05) is 13.1 Å². The second-order valence-corrected chi connectivity index (χ2v) is 9.04. The lowest BCUT2D eigenvalue weighted by Crippen LogP contribution is -2.47. The molecule has 1 rings (SSSR count). The molecule has 108 valence electrons. The van der Waals surface area contributed by atoms with E-state index in [0.29, 0.717) is 0 Å². The fourth-order valence-corrected chi connectivity index (χ4v) is 2.74. The molecule has 0 N–H and O–H groups in total. The van der Waals surface area contributed by atoms with Gasteiger partial charge in [0.1, 0.15) is 6.29 Å². The van der Waals surface area contributed by atoms with E-state index in [-0.39, 0.29) is 11.7 Å². The molecular weight excluding hydrogens is 248 g/mol. The highest BCUT2D eigenvalue weighted by atomic mass is 28.4. The van der Waals surface area contributed by atoms with Gasteiger partial charge in [-0.1, -0.05) is 20.3 Å². The third-order valence-electron chi connectivity index (χ3n) is 3.57. The molecule has 1 aliphatic rings. The molecule has 0 spiro atoms. The summed E-state index contributed by atoms with van der Waals surface area (Å²) in [6.07, 6.45) is 2.92. The Bertz CT molecular complexity index is 236. The second-order valence-electron chi connectivity index (χ2n) is 5.60. The van der Waals surface area contributed by atoms with Gasteiger partial charge in [0.15, 0.2) is 0 Å². The Labute approximate surface area is 112 Å². The van der Waals surface area contributed by atoms with E-state index in [0.717, 1.165) is 39.1 Å². The summed E-state index contributed by atoms with van der Waals surface area (Å²) in [5.41, 5.74) is 0.216. The molecule has 5 heteroatoms. The van der Waals surface area contributed by atoms with Gasteiger partial charge in [0.2, 0.25) is 0 Å². The van der Waals surface area contributed by atoms with Crippen LogP contribution in [-0.4, -0.2) is 41.8 Å². The average Bonchev–Trinajstić information content (AvgIpc) is 2.28. The van der Waals surface area contributed by atoms with Crippen LogP contribution in [0.2, 0.25) is 13.1 Å². The van der Waals surface area contributed by atoms with Crippen molar-refractivity contribution in [3.05, 3.63) is 0 Å². The Balaban J connectivity index is 2.42.